The highest BCUT2D eigenvalue weighted by atomic mass is 16.5. The number of nitrogens with zero attached hydrogens (tertiary/aromatic N) is 2. The van der Waals surface area contributed by atoms with Gasteiger partial charge in [0.25, 0.3) is 0 Å². The lowest BCUT2D eigenvalue weighted by molar-refractivity contribution is 0.337. The van der Waals surface area contributed by atoms with E-state index < -0.39 is 0 Å². The van der Waals surface area contributed by atoms with Crippen molar-refractivity contribution in [2.24, 2.45) is 0 Å². The van der Waals surface area contributed by atoms with E-state index in [1.165, 1.54) is 0 Å². The highest BCUT2D eigenvalue weighted by molar-refractivity contribution is 5.64. The molecule has 4 heteroatoms. The quantitative estimate of drug-likeness (QED) is 0.918. The number of ether oxygens (including phenoxy) is 1. The molecule has 1 heterocycles. The summed E-state index contributed by atoms with van der Waals surface area (Å²) in [5.74, 6) is 2.07. The minimum atomic E-state index is 0.494. The second-order valence-corrected chi connectivity index (χ2v) is 4.62. The van der Waals surface area contributed by atoms with Crippen LogP contribution in [0.25, 0.3) is 11.4 Å². The van der Waals surface area contributed by atoms with Crippen molar-refractivity contribution in [2.75, 3.05) is 12.3 Å². The molecule has 0 aliphatic carbocycles. The van der Waals surface area contributed by atoms with Gasteiger partial charge in [0.15, 0.2) is 5.82 Å². The molecule has 0 fully saturated rings. The minimum Gasteiger partial charge on any atom is -0.494 e. The Morgan fingerprint density at radius 2 is 1.79 bits per heavy atom. The Morgan fingerprint density at radius 3 is 2.42 bits per heavy atom. The molecule has 19 heavy (non-hydrogen) atoms. The minimum absolute atomic E-state index is 0.494. The second-order valence-electron chi connectivity index (χ2n) is 4.62. The zero-order chi connectivity index (χ0) is 14.0. The Bertz CT molecular complexity index is 588. The van der Waals surface area contributed by atoms with Gasteiger partial charge in [-0.1, -0.05) is 0 Å². The molecular formula is C15H19N3O. The van der Waals surface area contributed by atoms with E-state index >= 15 is 0 Å². The maximum Gasteiger partial charge on any atom is 0.162 e. The number of aromatic nitrogens is 2. The Labute approximate surface area is 113 Å². The van der Waals surface area contributed by atoms with E-state index in [4.69, 9.17) is 10.5 Å². The Balaban J connectivity index is 2.53. The van der Waals surface area contributed by atoms with E-state index in [9.17, 15) is 0 Å². The van der Waals surface area contributed by atoms with E-state index in [0.29, 0.717) is 18.2 Å². The maximum atomic E-state index is 5.79. The first-order valence-corrected chi connectivity index (χ1v) is 6.37. The molecule has 0 amide bonds. The first kappa shape index (κ1) is 13.3. The normalized spacial score (nSPS) is 10.5. The highest BCUT2D eigenvalue weighted by Gasteiger charge is 2.10. The van der Waals surface area contributed by atoms with Crippen LogP contribution in [0, 0.1) is 20.8 Å². The van der Waals surface area contributed by atoms with Crippen molar-refractivity contribution in [3.63, 3.8) is 0 Å². The number of aryl methyl sites for hydroxylation is 3. The smallest absolute Gasteiger partial charge is 0.162 e. The summed E-state index contributed by atoms with van der Waals surface area (Å²) in [5.41, 5.74) is 9.81. The number of hydrogen-bond acceptors (Lipinski definition) is 4. The van der Waals surface area contributed by atoms with Crippen LogP contribution in [0.15, 0.2) is 18.2 Å². The zero-order valence-electron chi connectivity index (χ0n) is 11.8. The molecule has 0 saturated heterocycles. The third-order valence-electron chi connectivity index (χ3n) is 2.94. The van der Waals surface area contributed by atoms with E-state index in [2.05, 4.69) is 16.0 Å². The van der Waals surface area contributed by atoms with Gasteiger partial charge in [0.2, 0.25) is 0 Å². The number of nitrogen functional groups attached to an aromatic ring is 1. The molecule has 2 N–H and O–H groups in total. The Hall–Kier alpha value is -2.10. The first-order chi connectivity index (χ1) is 9.01. The van der Waals surface area contributed by atoms with Crippen LogP contribution >= 0.6 is 0 Å². The van der Waals surface area contributed by atoms with E-state index in [-0.39, 0.29) is 0 Å². The predicted molar refractivity (Wildman–Crippen MR) is 77.3 cm³/mol. The average Bonchev–Trinajstić information content (AvgIpc) is 2.32. The molecule has 4 nitrogen and oxygen atoms in total. The van der Waals surface area contributed by atoms with E-state index in [1.807, 2.05) is 33.8 Å². The van der Waals surface area contributed by atoms with Crippen molar-refractivity contribution < 1.29 is 4.74 Å². The molecule has 0 aliphatic heterocycles. The monoisotopic (exact) mass is 257 g/mol. The van der Waals surface area contributed by atoms with E-state index in [0.717, 1.165) is 28.1 Å². The molecule has 0 unspecified atom stereocenters. The molecule has 0 radical (unpaired) electrons. The molecule has 0 saturated carbocycles. The van der Waals surface area contributed by atoms with Crippen LogP contribution in [0.5, 0.6) is 5.75 Å². The average molecular weight is 257 g/mol. The van der Waals surface area contributed by atoms with Crippen molar-refractivity contribution >= 4 is 5.82 Å². The molecule has 100 valence electrons. The van der Waals surface area contributed by atoms with Crippen molar-refractivity contribution in [3.8, 4) is 17.1 Å². The number of hydrogen-bond donors (Lipinski definition) is 1. The van der Waals surface area contributed by atoms with E-state index in [1.54, 1.807) is 6.07 Å². The number of anilines is 1. The Kier molecular flexibility index (Phi) is 3.69. The molecule has 2 rings (SSSR count). The topological polar surface area (TPSA) is 61.0 Å². The lowest BCUT2D eigenvalue weighted by atomic mass is 10.0. The van der Waals surface area contributed by atoms with Gasteiger partial charge in [-0.15, -0.1) is 0 Å². The van der Waals surface area contributed by atoms with Crippen molar-refractivity contribution in [1.82, 2.24) is 9.97 Å². The Morgan fingerprint density at radius 1 is 1.05 bits per heavy atom. The van der Waals surface area contributed by atoms with Gasteiger partial charge < -0.3 is 10.5 Å². The number of rotatable bonds is 3. The van der Waals surface area contributed by atoms with Crippen LogP contribution in [0.2, 0.25) is 0 Å². The van der Waals surface area contributed by atoms with Crippen LogP contribution in [-0.2, 0) is 0 Å². The lowest BCUT2D eigenvalue weighted by Gasteiger charge is -2.12. The fourth-order valence-corrected chi connectivity index (χ4v) is 2.05. The van der Waals surface area contributed by atoms with Gasteiger partial charge in [-0.25, -0.2) is 9.97 Å². The van der Waals surface area contributed by atoms with Crippen LogP contribution in [-0.4, -0.2) is 16.6 Å². The summed E-state index contributed by atoms with van der Waals surface area (Å²) in [6, 6.07) is 5.84. The summed E-state index contributed by atoms with van der Waals surface area (Å²) >= 11 is 0. The van der Waals surface area contributed by atoms with Gasteiger partial charge in [0.05, 0.1) is 6.61 Å². The van der Waals surface area contributed by atoms with Crippen molar-refractivity contribution in [1.29, 1.82) is 0 Å². The summed E-state index contributed by atoms with van der Waals surface area (Å²) in [5, 5.41) is 0. The molecule has 0 bridgehead atoms. The zero-order valence-corrected chi connectivity index (χ0v) is 11.8. The summed E-state index contributed by atoms with van der Waals surface area (Å²) in [6.45, 7) is 8.60. The van der Waals surface area contributed by atoms with Crippen molar-refractivity contribution in [2.45, 2.75) is 27.7 Å². The lowest BCUT2D eigenvalue weighted by Crippen LogP contribution is -2.00. The fraction of sp³-hybridized carbons (Fsp3) is 0.333. The largest absolute Gasteiger partial charge is 0.494 e. The molecule has 0 spiro atoms. The third-order valence-corrected chi connectivity index (χ3v) is 2.94. The molecule has 2 aromatic rings. The maximum absolute atomic E-state index is 5.79. The summed E-state index contributed by atoms with van der Waals surface area (Å²) in [4.78, 5) is 8.76. The summed E-state index contributed by atoms with van der Waals surface area (Å²) in [7, 11) is 0. The third kappa shape index (κ3) is 2.84. The van der Waals surface area contributed by atoms with Crippen LogP contribution in [0.3, 0.4) is 0 Å². The van der Waals surface area contributed by atoms with Gasteiger partial charge in [-0.3, -0.25) is 0 Å². The SMILES string of the molecule is CCOc1cc(C)c(-c2nc(C)cc(N)n2)cc1C. The second kappa shape index (κ2) is 5.26. The summed E-state index contributed by atoms with van der Waals surface area (Å²) < 4.78 is 5.59. The molecular weight excluding hydrogens is 238 g/mol. The van der Waals surface area contributed by atoms with Crippen LogP contribution < -0.4 is 10.5 Å². The van der Waals surface area contributed by atoms with Gasteiger partial charge in [0, 0.05) is 17.3 Å². The molecule has 1 aromatic carbocycles. The molecule has 1 aromatic heterocycles. The predicted octanol–water partition coefficient (Wildman–Crippen LogP) is 3.05. The van der Waals surface area contributed by atoms with Crippen LogP contribution in [0.1, 0.15) is 23.7 Å². The van der Waals surface area contributed by atoms with Gasteiger partial charge in [-0.2, -0.15) is 0 Å². The standard InChI is InChI=1S/C15H19N3O/c1-5-19-13-7-9(2)12(6-10(13)3)15-17-11(4)8-14(16)18-15/h6-8H,5H2,1-4H3,(H2,16,17,18). The van der Waals surface area contributed by atoms with Crippen LogP contribution in [0.4, 0.5) is 5.82 Å². The van der Waals surface area contributed by atoms with Gasteiger partial charge >= 0.3 is 0 Å². The summed E-state index contributed by atoms with van der Waals surface area (Å²) in [6.07, 6.45) is 0. The highest BCUT2D eigenvalue weighted by Crippen LogP contribution is 2.28. The molecule has 0 aliphatic rings. The van der Waals surface area contributed by atoms with Gasteiger partial charge in [-0.05, 0) is 51.0 Å². The molecule has 0 atom stereocenters. The van der Waals surface area contributed by atoms with Gasteiger partial charge in [0.1, 0.15) is 11.6 Å². The number of nitrogens with two attached hydrogens (primary N) is 1. The first-order valence-electron chi connectivity index (χ1n) is 6.37. The number of benzene rings is 1. The van der Waals surface area contributed by atoms with Crippen molar-refractivity contribution in [3.05, 3.63) is 35.0 Å². The fourth-order valence-electron chi connectivity index (χ4n) is 2.05.